The monoisotopic (exact) mass is 275 g/mol. The highest BCUT2D eigenvalue weighted by Gasteiger charge is 2.11. The highest BCUT2D eigenvalue weighted by Crippen LogP contribution is 2.21. The third-order valence-corrected chi connectivity index (χ3v) is 3.36. The molecule has 1 heterocycles. The number of aromatic nitrogens is 2. The standard InChI is InChI=1S/C15H21N3O2/c1-10(2)14-17-12-9-11(5-6-13(12)18(14)3)7-8-16-15(19)20-4/h5-6,9-10H,7-8H2,1-4H3,(H,16,19). The van der Waals surface area contributed by atoms with Crippen LogP contribution in [0.2, 0.25) is 0 Å². The molecule has 0 saturated heterocycles. The van der Waals surface area contributed by atoms with Gasteiger partial charge in [-0.05, 0) is 24.1 Å². The lowest BCUT2D eigenvalue weighted by atomic mass is 10.1. The third-order valence-electron chi connectivity index (χ3n) is 3.36. The molecule has 1 aromatic heterocycles. The molecule has 1 N–H and O–H groups in total. The Bertz CT molecular complexity index is 617. The van der Waals surface area contributed by atoms with Crippen LogP contribution in [0.15, 0.2) is 18.2 Å². The smallest absolute Gasteiger partial charge is 0.406 e. The first-order valence-electron chi connectivity index (χ1n) is 6.80. The van der Waals surface area contributed by atoms with Gasteiger partial charge in [-0.2, -0.15) is 0 Å². The van der Waals surface area contributed by atoms with Crippen LogP contribution in [0.5, 0.6) is 0 Å². The van der Waals surface area contributed by atoms with Crippen LogP contribution in [0.1, 0.15) is 31.2 Å². The fraction of sp³-hybridized carbons (Fsp3) is 0.467. The minimum Gasteiger partial charge on any atom is -0.453 e. The maximum atomic E-state index is 11.0. The van der Waals surface area contributed by atoms with Crippen molar-refractivity contribution in [3.63, 3.8) is 0 Å². The summed E-state index contributed by atoms with van der Waals surface area (Å²) in [7, 11) is 3.41. The van der Waals surface area contributed by atoms with Crippen LogP contribution in [0, 0.1) is 0 Å². The number of nitrogens with one attached hydrogen (secondary N) is 1. The zero-order valence-electron chi connectivity index (χ0n) is 12.4. The molecule has 0 spiro atoms. The summed E-state index contributed by atoms with van der Waals surface area (Å²) in [5.41, 5.74) is 3.30. The zero-order valence-corrected chi connectivity index (χ0v) is 12.4. The van der Waals surface area contributed by atoms with Gasteiger partial charge >= 0.3 is 6.09 Å². The molecule has 0 fully saturated rings. The first-order valence-corrected chi connectivity index (χ1v) is 6.80. The summed E-state index contributed by atoms with van der Waals surface area (Å²) in [6.45, 7) is 4.84. The number of carbonyl (C=O) groups is 1. The first-order chi connectivity index (χ1) is 9.52. The van der Waals surface area contributed by atoms with Crippen molar-refractivity contribution in [2.45, 2.75) is 26.2 Å². The van der Waals surface area contributed by atoms with Gasteiger partial charge in [-0.15, -0.1) is 0 Å². The summed E-state index contributed by atoms with van der Waals surface area (Å²) >= 11 is 0. The molecular weight excluding hydrogens is 254 g/mol. The minimum atomic E-state index is -0.397. The number of benzene rings is 1. The van der Waals surface area contributed by atoms with Crippen LogP contribution in [0.3, 0.4) is 0 Å². The molecule has 20 heavy (non-hydrogen) atoms. The van der Waals surface area contributed by atoms with E-state index in [4.69, 9.17) is 0 Å². The second kappa shape index (κ2) is 5.94. The van der Waals surface area contributed by atoms with Crippen LogP contribution in [0.25, 0.3) is 11.0 Å². The zero-order chi connectivity index (χ0) is 14.7. The molecule has 1 aromatic carbocycles. The molecule has 0 unspecified atom stereocenters. The molecule has 0 saturated carbocycles. The lowest BCUT2D eigenvalue weighted by molar-refractivity contribution is 0.171. The van der Waals surface area contributed by atoms with E-state index in [2.05, 4.69) is 51.7 Å². The van der Waals surface area contributed by atoms with Gasteiger partial charge < -0.3 is 14.6 Å². The van der Waals surface area contributed by atoms with E-state index >= 15 is 0 Å². The summed E-state index contributed by atoms with van der Waals surface area (Å²) in [5.74, 6) is 1.49. The molecule has 0 aliphatic carbocycles. The summed E-state index contributed by atoms with van der Waals surface area (Å²) in [4.78, 5) is 15.7. The van der Waals surface area contributed by atoms with Gasteiger partial charge in [0.15, 0.2) is 0 Å². The van der Waals surface area contributed by atoms with Crippen LogP contribution in [-0.2, 0) is 18.2 Å². The van der Waals surface area contributed by atoms with E-state index in [1.165, 1.54) is 7.11 Å². The summed E-state index contributed by atoms with van der Waals surface area (Å²) in [6, 6.07) is 6.24. The molecule has 1 amide bonds. The Labute approximate surface area is 118 Å². The Hall–Kier alpha value is -2.04. The minimum absolute atomic E-state index is 0.397. The highest BCUT2D eigenvalue weighted by molar-refractivity contribution is 5.77. The number of rotatable bonds is 4. The average Bonchev–Trinajstić information content (AvgIpc) is 2.75. The Kier molecular flexibility index (Phi) is 4.27. The molecule has 2 rings (SSSR count). The van der Waals surface area contributed by atoms with E-state index in [0.29, 0.717) is 12.5 Å². The number of methoxy groups -OCH3 is 1. The van der Waals surface area contributed by atoms with E-state index in [9.17, 15) is 4.79 Å². The maximum Gasteiger partial charge on any atom is 0.406 e. The number of alkyl carbamates (subject to hydrolysis) is 1. The SMILES string of the molecule is COC(=O)NCCc1ccc2c(c1)nc(C(C)C)n2C. The van der Waals surface area contributed by atoms with Gasteiger partial charge in [0.25, 0.3) is 0 Å². The van der Waals surface area contributed by atoms with Gasteiger partial charge in [0.2, 0.25) is 0 Å². The molecule has 5 nitrogen and oxygen atoms in total. The Morgan fingerprint density at radius 1 is 1.45 bits per heavy atom. The van der Waals surface area contributed by atoms with Gasteiger partial charge in [0.1, 0.15) is 5.82 Å². The lowest BCUT2D eigenvalue weighted by Crippen LogP contribution is -2.25. The van der Waals surface area contributed by atoms with Crippen molar-refractivity contribution in [2.75, 3.05) is 13.7 Å². The number of carbonyl (C=O) groups excluding carboxylic acids is 1. The van der Waals surface area contributed by atoms with Crippen molar-refractivity contribution >= 4 is 17.1 Å². The lowest BCUT2D eigenvalue weighted by Gasteiger charge is -2.05. The quantitative estimate of drug-likeness (QED) is 0.933. The van der Waals surface area contributed by atoms with E-state index in [-0.39, 0.29) is 0 Å². The number of aryl methyl sites for hydroxylation is 1. The molecule has 0 radical (unpaired) electrons. The van der Waals surface area contributed by atoms with Gasteiger partial charge in [-0.25, -0.2) is 9.78 Å². The highest BCUT2D eigenvalue weighted by atomic mass is 16.5. The number of amides is 1. The molecule has 5 heteroatoms. The molecule has 0 atom stereocenters. The summed E-state index contributed by atoms with van der Waals surface area (Å²) < 4.78 is 6.67. The van der Waals surface area contributed by atoms with Crippen LogP contribution in [-0.4, -0.2) is 29.3 Å². The van der Waals surface area contributed by atoms with Gasteiger partial charge in [-0.3, -0.25) is 0 Å². The van der Waals surface area contributed by atoms with E-state index < -0.39 is 6.09 Å². The molecule has 0 bridgehead atoms. The summed E-state index contributed by atoms with van der Waals surface area (Å²) in [5, 5.41) is 2.68. The van der Waals surface area contributed by atoms with Crippen molar-refractivity contribution in [1.82, 2.24) is 14.9 Å². The number of nitrogens with zero attached hydrogens (tertiary/aromatic N) is 2. The number of imidazole rings is 1. The molecular formula is C15H21N3O2. The van der Waals surface area contributed by atoms with Crippen molar-refractivity contribution in [3.05, 3.63) is 29.6 Å². The largest absolute Gasteiger partial charge is 0.453 e. The second-order valence-corrected chi connectivity index (χ2v) is 5.18. The fourth-order valence-corrected chi connectivity index (χ4v) is 2.32. The third kappa shape index (κ3) is 2.92. The first kappa shape index (κ1) is 14.4. The van der Waals surface area contributed by atoms with Gasteiger partial charge in [-0.1, -0.05) is 19.9 Å². The number of ether oxygens (including phenoxy) is 1. The maximum absolute atomic E-state index is 11.0. The van der Waals surface area contributed by atoms with Crippen molar-refractivity contribution in [3.8, 4) is 0 Å². The Balaban J connectivity index is 2.15. The number of fused-ring (bicyclic) bond motifs is 1. The molecule has 0 aliphatic rings. The van der Waals surface area contributed by atoms with Gasteiger partial charge in [0, 0.05) is 19.5 Å². The van der Waals surface area contributed by atoms with E-state index in [1.807, 2.05) is 7.05 Å². The number of hydrogen-bond donors (Lipinski definition) is 1. The van der Waals surface area contributed by atoms with E-state index in [1.54, 1.807) is 0 Å². The van der Waals surface area contributed by atoms with Crippen LogP contribution >= 0.6 is 0 Å². The molecule has 0 aliphatic heterocycles. The van der Waals surface area contributed by atoms with Crippen molar-refractivity contribution in [1.29, 1.82) is 0 Å². The normalized spacial score (nSPS) is 11.1. The summed E-state index contributed by atoms with van der Waals surface area (Å²) in [6.07, 6.45) is 0.365. The fourth-order valence-electron chi connectivity index (χ4n) is 2.32. The number of hydrogen-bond acceptors (Lipinski definition) is 3. The van der Waals surface area contributed by atoms with Crippen molar-refractivity contribution in [2.24, 2.45) is 7.05 Å². The Morgan fingerprint density at radius 3 is 2.85 bits per heavy atom. The predicted octanol–water partition coefficient (Wildman–Crippen LogP) is 2.60. The predicted molar refractivity (Wildman–Crippen MR) is 78.9 cm³/mol. The van der Waals surface area contributed by atoms with Crippen LogP contribution < -0.4 is 5.32 Å². The molecule has 2 aromatic rings. The van der Waals surface area contributed by atoms with Crippen molar-refractivity contribution < 1.29 is 9.53 Å². The average molecular weight is 275 g/mol. The van der Waals surface area contributed by atoms with Gasteiger partial charge in [0.05, 0.1) is 18.1 Å². The van der Waals surface area contributed by atoms with E-state index in [0.717, 1.165) is 28.8 Å². The Morgan fingerprint density at radius 2 is 2.20 bits per heavy atom. The molecule has 108 valence electrons. The topological polar surface area (TPSA) is 56.1 Å². The van der Waals surface area contributed by atoms with Crippen LogP contribution in [0.4, 0.5) is 4.79 Å². The second-order valence-electron chi connectivity index (χ2n) is 5.18.